The van der Waals surface area contributed by atoms with Crippen LogP contribution in [0.5, 0.6) is 11.5 Å². The van der Waals surface area contributed by atoms with E-state index in [2.05, 4.69) is 9.98 Å². The molecule has 10 heteroatoms. The van der Waals surface area contributed by atoms with E-state index in [0.29, 0.717) is 16.3 Å². The lowest BCUT2D eigenvalue weighted by atomic mass is 10.2. The zero-order valence-corrected chi connectivity index (χ0v) is 13.6. The maximum absolute atomic E-state index is 13.0. The average molecular weight is 370 g/mol. The van der Waals surface area contributed by atoms with Crippen molar-refractivity contribution in [1.29, 1.82) is 0 Å². The normalized spacial score (nSPS) is 12.7. The summed E-state index contributed by atoms with van der Waals surface area (Å²) in [5.41, 5.74) is 0.422. The second kappa shape index (κ2) is 6.50. The standard InChI is InChI=1S/C17H11FN4O5/c18-11-2-4-12(5-3-11)26-15-6-1-10(7-14(15)22(24)25)16-20-13-8-19-9-21(23)17(13)27-16/h1-7,9,23H,8H2. The van der Waals surface area contributed by atoms with E-state index in [0.717, 1.165) is 0 Å². The highest BCUT2D eigenvalue weighted by Crippen LogP contribution is 2.37. The quantitative estimate of drug-likeness (QED) is 0.547. The molecule has 0 unspecified atom stereocenters. The van der Waals surface area contributed by atoms with Gasteiger partial charge in [-0.15, -0.1) is 0 Å². The maximum atomic E-state index is 13.0. The number of hydrogen-bond donors (Lipinski definition) is 1. The Bertz CT molecular complexity index is 1050. The second-order valence-electron chi connectivity index (χ2n) is 5.57. The number of rotatable bonds is 4. The summed E-state index contributed by atoms with van der Waals surface area (Å²) in [4.78, 5) is 18.9. The summed E-state index contributed by atoms with van der Waals surface area (Å²) >= 11 is 0. The van der Waals surface area contributed by atoms with E-state index in [1.54, 1.807) is 0 Å². The largest absolute Gasteiger partial charge is 0.450 e. The third-order valence-corrected chi connectivity index (χ3v) is 3.76. The minimum Gasteiger partial charge on any atom is -0.450 e. The zero-order chi connectivity index (χ0) is 19.0. The summed E-state index contributed by atoms with van der Waals surface area (Å²) in [7, 11) is 0. The van der Waals surface area contributed by atoms with Crippen LogP contribution in [-0.4, -0.2) is 21.5 Å². The number of halogens is 1. The zero-order valence-electron chi connectivity index (χ0n) is 13.6. The molecule has 0 aliphatic carbocycles. The number of hydrogen-bond acceptors (Lipinski definition) is 8. The number of nitro groups is 1. The average Bonchev–Trinajstić information content (AvgIpc) is 3.09. The molecule has 2 aromatic carbocycles. The first-order chi connectivity index (χ1) is 13.0. The molecule has 0 bridgehead atoms. The minimum absolute atomic E-state index is 0.0150. The van der Waals surface area contributed by atoms with Crippen molar-refractivity contribution in [3.63, 3.8) is 0 Å². The Kier molecular flexibility index (Phi) is 4.01. The molecule has 0 fully saturated rings. The summed E-state index contributed by atoms with van der Waals surface area (Å²) < 4.78 is 24.0. The molecule has 1 aliphatic rings. The van der Waals surface area contributed by atoms with Crippen molar-refractivity contribution >= 4 is 17.9 Å². The van der Waals surface area contributed by atoms with Gasteiger partial charge in [-0.05, 0) is 36.4 Å². The Morgan fingerprint density at radius 3 is 2.74 bits per heavy atom. The summed E-state index contributed by atoms with van der Waals surface area (Å²) in [6.07, 6.45) is 1.18. The van der Waals surface area contributed by atoms with Crippen molar-refractivity contribution in [2.45, 2.75) is 6.54 Å². The fraction of sp³-hybridized carbons (Fsp3) is 0.0588. The number of oxazole rings is 1. The maximum Gasteiger partial charge on any atom is 0.312 e. The van der Waals surface area contributed by atoms with Gasteiger partial charge in [0.1, 0.15) is 23.6 Å². The Morgan fingerprint density at radius 2 is 2.04 bits per heavy atom. The van der Waals surface area contributed by atoms with Crippen LogP contribution in [0.15, 0.2) is 51.9 Å². The van der Waals surface area contributed by atoms with E-state index in [1.165, 1.54) is 48.8 Å². The Balaban J connectivity index is 1.69. The van der Waals surface area contributed by atoms with Crippen molar-refractivity contribution < 1.29 is 23.7 Å². The molecule has 1 aromatic heterocycles. The van der Waals surface area contributed by atoms with Gasteiger partial charge in [0, 0.05) is 11.6 Å². The van der Waals surface area contributed by atoms with Gasteiger partial charge in [-0.3, -0.25) is 20.3 Å². The van der Waals surface area contributed by atoms with Gasteiger partial charge in [0.15, 0.2) is 0 Å². The van der Waals surface area contributed by atoms with E-state index in [9.17, 15) is 19.7 Å². The third kappa shape index (κ3) is 3.20. The van der Waals surface area contributed by atoms with Crippen LogP contribution in [0.4, 0.5) is 16.0 Å². The van der Waals surface area contributed by atoms with Gasteiger partial charge in [0.2, 0.25) is 11.6 Å². The summed E-state index contributed by atoms with van der Waals surface area (Å²) in [6.45, 7) is 0.226. The van der Waals surface area contributed by atoms with Crippen LogP contribution in [0.3, 0.4) is 0 Å². The van der Waals surface area contributed by atoms with Gasteiger partial charge in [0.25, 0.3) is 5.88 Å². The molecule has 0 saturated heterocycles. The van der Waals surface area contributed by atoms with Crippen LogP contribution in [0.1, 0.15) is 5.69 Å². The smallest absolute Gasteiger partial charge is 0.312 e. The molecule has 0 saturated carbocycles. The third-order valence-electron chi connectivity index (χ3n) is 3.76. The van der Waals surface area contributed by atoms with Gasteiger partial charge in [-0.1, -0.05) is 0 Å². The van der Waals surface area contributed by atoms with Crippen molar-refractivity contribution in [3.05, 3.63) is 64.1 Å². The highest BCUT2D eigenvalue weighted by molar-refractivity contribution is 5.77. The lowest BCUT2D eigenvalue weighted by Gasteiger charge is -2.11. The van der Waals surface area contributed by atoms with Crippen molar-refractivity contribution in [2.24, 2.45) is 4.99 Å². The summed E-state index contributed by atoms with van der Waals surface area (Å²) in [6, 6.07) is 9.29. The first-order valence-electron chi connectivity index (χ1n) is 7.71. The first-order valence-corrected chi connectivity index (χ1v) is 7.71. The molecule has 2 heterocycles. The van der Waals surface area contributed by atoms with Gasteiger partial charge < -0.3 is 9.15 Å². The van der Waals surface area contributed by atoms with Crippen LogP contribution >= 0.6 is 0 Å². The Labute approximate surface area is 151 Å². The van der Waals surface area contributed by atoms with Crippen molar-refractivity contribution in [1.82, 2.24) is 4.98 Å². The molecule has 0 atom stereocenters. The van der Waals surface area contributed by atoms with Gasteiger partial charge >= 0.3 is 5.69 Å². The molecule has 27 heavy (non-hydrogen) atoms. The van der Waals surface area contributed by atoms with Crippen LogP contribution in [-0.2, 0) is 6.54 Å². The highest BCUT2D eigenvalue weighted by Gasteiger charge is 2.24. The molecular weight excluding hydrogens is 359 g/mol. The molecule has 0 spiro atoms. The van der Waals surface area contributed by atoms with Crippen LogP contribution in [0.25, 0.3) is 11.5 Å². The van der Waals surface area contributed by atoms with Crippen LogP contribution < -0.4 is 9.80 Å². The molecule has 4 rings (SSSR count). The number of nitrogens with zero attached hydrogens (tertiary/aromatic N) is 4. The van der Waals surface area contributed by atoms with Crippen molar-refractivity contribution in [3.8, 4) is 23.0 Å². The molecular formula is C17H11FN4O5. The first kappa shape index (κ1) is 16.7. The van der Waals surface area contributed by atoms with Crippen molar-refractivity contribution in [2.75, 3.05) is 5.06 Å². The number of benzene rings is 2. The summed E-state index contributed by atoms with van der Waals surface area (Å²) in [5, 5.41) is 21.8. The lowest BCUT2D eigenvalue weighted by Crippen LogP contribution is -2.19. The van der Waals surface area contributed by atoms with Crippen LogP contribution in [0.2, 0.25) is 0 Å². The van der Waals surface area contributed by atoms with E-state index < -0.39 is 10.7 Å². The number of anilines is 1. The molecule has 136 valence electrons. The minimum atomic E-state index is -0.605. The molecule has 3 aromatic rings. The van der Waals surface area contributed by atoms with E-state index in [-0.39, 0.29) is 35.5 Å². The number of aromatic nitrogens is 1. The predicted molar refractivity (Wildman–Crippen MR) is 91.5 cm³/mol. The van der Waals surface area contributed by atoms with Gasteiger partial charge in [0.05, 0.1) is 11.5 Å². The summed E-state index contributed by atoms with van der Waals surface area (Å²) in [5.74, 6) is 0.00273. The topological polar surface area (TPSA) is 114 Å². The number of hydroxylamine groups is 1. The van der Waals surface area contributed by atoms with E-state index in [1.807, 2.05) is 0 Å². The molecule has 0 amide bonds. The lowest BCUT2D eigenvalue weighted by molar-refractivity contribution is -0.385. The van der Waals surface area contributed by atoms with Gasteiger partial charge in [-0.2, -0.15) is 5.06 Å². The number of aliphatic imine (C=N–C) groups is 1. The molecule has 9 nitrogen and oxygen atoms in total. The second-order valence-corrected chi connectivity index (χ2v) is 5.57. The number of nitro benzene ring substituents is 1. The fourth-order valence-electron chi connectivity index (χ4n) is 2.52. The molecule has 1 aliphatic heterocycles. The molecule has 1 N–H and O–H groups in total. The number of ether oxygens (including phenoxy) is 1. The predicted octanol–water partition coefficient (Wildman–Crippen LogP) is 3.92. The monoisotopic (exact) mass is 370 g/mol. The van der Waals surface area contributed by atoms with E-state index in [4.69, 9.17) is 9.15 Å². The fourth-order valence-corrected chi connectivity index (χ4v) is 2.52. The van der Waals surface area contributed by atoms with Crippen LogP contribution in [0, 0.1) is 15.9 Å². The van der Waals surface area contributed by atoms with E-state index >= 15 is 0 Å². The Hall–Kier alpha value is -3.79. The Morgan fingerprint density at radius 1 is 1.26 bits per heavy atom. The number of fused-ring (bicyclic) bond motifs is 1. The SMILES string of the molecule is O=[N+]([O-])c1cc(-c2nc3c(o2)N(O)C=NC3)ccc1Oc1ccc(F)cc1. The molecule has 0 radical (unpaired) electrons. The van der Waals surface area contributed by atoms with Gasteiger partial charge in [-0.25, -0.2) is 9.37 Å². The highest BCUT2D eigenvalue weighted by atomic mass is 19.1.